The quantitative estimate of drug-likeness (QED) is 0.615. The Kier molecular flexibility index (Phi) is 2.28. The molecule has 2 fully saturated rings. The zero-order chi connectivity index (χ0) is 9.31. The summed E-state index contributed by atoms with van der Waals surface area (Å²) < 4.78 is 4.84. The van der Waals surface area contributed by atoms with Gasteiger partial charge in [0.1, 0.15) is 0 Å². The van der Waals surface area contributed by atoms with E-state index in [2.05, 4.69) is 5.32 Å². The topological polar surface area (TPSA) is 38.3 Å². The van der Waals surface area contributed by atoms with Crippen LogP contribution in [0, 0.1) is 11.3 Å². The molecular formula is C10H17NO2. The molecule has 0 amide bonds. The molecular weight excluding hydrogens is 166 g/mol. The number of hydrogen-bond donors (Lipinski definition) is 1. The Morgan fingerprint density at radius 2 is 2.23 bits per heavy atom. The number of ether oxygens (including phenoxy) is 1. The largest absolute Gasteiger partial charge is 0.469 e. The van der Waals surface area contributed by atoms with Gasteiger partial charge in [-0.3, -0.25) is 4.79 Å². The summed E-state index contributed by atoms with van der Waals surface area (Å²) in [4.78, 5) is 11.5. The zero-order valence-corrected chi connectivity index (χ0v) is 8.14. The van der Waals surface area contributed by atoms with Crippen LogP contribution in [0.4, 0.5) is 0 Å². The second-order valence-electron chi connectivity index (χ2n) is 4.25. The van der Waals surface area contributed by atoms with Gasteiger partial charge in [0.15, 0.2) is 0 Å². The van der Waals surface area contributed by atoms with Crippen molar-refractivity contribution in [1.29, 1.82) is 0 Å². The predicted octanol–water partition coefficient (Wildman–Crippen LogP) is 0.939. The molecule has 0 bridgehead atoms. The van der Waals surface area contributed by atoms with E-state index in [4.69, 9.17) is 4.74 Å². The highest BCUT2D eigenvalue weighted by Crippen LogP contribution is 2.51. The number of carbonyl (C=O) groups excluding carboxylic acids is 1. The molecule has 0 aromatic heterocycles. The highest BCUT2D eigenvalue weighted by Gasteiger charge is 2.48. The molecule has 1 saturated heterocycles. The van der Waals surface area contributed by atoms with Gasteiger partial charge in [0, 0.05) is 6.54 Å². The summed E-state index contributed by atoms with van der Waals surface area (Å²) in [7, 11) is 1.49. The number of piperidine rings is 1. The third-order valence-corrected chi connectivity index (χ3v) is 3.72. The molecule has 1 saturated carbocycles. The standard InChI is InChI=1S/C10H17NO2/c1-13-9(12)8-7-11-6-5-10(8)3-2-4-10/h8,11H,2-7H2,1H3. The van der Waals surface area contributed by atoms with Crippen LogP contribution in [0.25, 0.3) is 0 Å². The number of nitrogens with one attached hydrogen (secondary N) is 1. The van der Waals surface area contributed by atoms with Crippen LogP contribution in [0.5, 0.6) is 0 Å². The smallest absolute Gasteiger partial charge is 0.310 e. The van der Waals surface area contributed by atoms with Crippen LogP contribution in [0.2, 0.25) is 0 Å². The first kappa shape index (κ1) is 9.00. The van der Waals surface area contributed by atoms with Gasteiger partial charge in [-0.15, -0.1) is 0 Å². The minimum absolute atomic E-state index is 0.0214. The average molecular weight is 183 g/mol. The lowest BCUT2D eigenvalue weighted by molar-refractivity contribution is -0.155. The second-order valence-corrected chi connectivity index (χ2v) is 4.25. The molecule has 13 heavy (non-hydrogen) atoms. The molecule has 0 aromatic carbocycles. The van der Waals surface area contributed by atoms with Crippen LogP contribution >= 0.6 is 0 Å². The molecule has 1 N–H and O–H groups in total. The Bertz CT molecular complexity index is 211. The zero-order valence-electron chi connectivity index (χ0n) is 8.14. The molecule has 74 valence electrons. The molecule has 0 radical (unpaired) electrons. The maximum absolute atomic E-state index is 11.5. The Hall–Kier alpha value is -0.570. The summed E-state index contributed by atoms with van der Waals surface area (Å²) in [5.41, 5.74) is 0.304. The maximum Gasteiger partial charge on any atom is 0.310 e. The third kappa shape index (κ3) is 1.35. The van der Waals surface area contributed by atoms with E-state index in [1.807, 2.05) is 0 Å². The summed E-state index contributed by atoms with van der Waals surface area (Å²) in [5, 5.41) is 3.27. The van der Waals surface area contributed by atoms with Crippen molar-refractivity contribution in [2.24, 2.45) is 11.3 Å². The van der Waals surface area contributed by atoms with Crippen LogP contribution in [0.3, 0.4) is 0 Å². The van der Waals surface area contributed by atoms with Crippen molar-refractivity contribution in [3.8, 4) is 0 Å². The summed E-state index contributed by atoms with van der Waals surface area (Å²) in [6, 6.07) is 0. The summed E-state index contributed by atoms with van der Waals surface area (Å²) in [6.45, 7) is 1.88. The van der Waals surface area contributed by atoms with Gasteiger partial charge in [0.2, 0.25) is 0 Å². The molecule has 1 aliphatic carbocycles. The minimum Gasteiger partial charge on any atom is -0.469 e. The van der Waals surface area contributed by atoms with Crippen molar-refractivity contribution in [2.75, 3.05) is 20.2 Å². The maximum atomic E-state index is 11.5. The van der Waals surface area contributed by atoms with Crippen molar-refractivity contribution >= 4 is 5.97 Å². The van der Waals surface area contributed by atoms with Gasteiger partial charge in [0.05, 0.1) is 13.0 Å². The molecule has 1 aliphatic heterocycles. The number of hydrogen-bond acceptors (Lipinski definition) is 3. The SMILES string of the molecule is COC(=O)C1CNCCC12CCC2. The number of carbonyl (C=O) groups is 1. The van der Waals surface area contributed by atoms with Crippen LogP contribution in [0.15, 0.2) is 0 Å². The predicted molar refractivity (Wildman–Crippen MR) is 49.3 cm³/mol. The van der Waals surface area contributed by atoms with Crippen molar-refractivity contribution in [3.63, 3.8) is 0 Å². The molecule has 0 aromatic rings. The van der Waals surface area contributed by atoms with Gasteiger partial charge in [-0.1, -0.05) is 6.42 Å². The molecule has 2 aliphatic rings. The molecule has 3 heteroatoms. The monoisotopic (exact) mass is 183 g/mol. The van der Waals surface area contributed by atoms with Crippen molar-refractivity contribution in [3.05, 3.63) is 0 Å². The molecule has 1 atom stereocenters. The van der Waals surface area contributed by atoms with Crippen LogP contribution in [-0.2, 0) is 9.53 Å². The fourth-order valence-corrected chi connectivity index (χ4v) is 2.68. The first-order chi connectivity index (χ1) is 6.28. The van der Waals surface area contributed by atoms with Crippen LogP contribution in [-0.4, -0.2) is 26.2 Å². The van der Waals surface area contributed by atoms with Gasteiger partial charge in [-0.2, -0.15) is 0 Å². The summed E-state index contributed by atoms with van der Waals surface area (Å²) >= 11 is 0. The molecule has 1 spiro atoms. The van der Waals surface area contributed by atoms with E-state index < -0.39 is 0 Å². The van der Waals surface area contributed by atoms with E-state index >= 15 is 0 Å². The lowest BCUT2D eigenvalue weighted by atomic mass is 9.58. The lowest BCUT2D eigenvalue weighted by Crippen LogP contribution is -2.52. The van der Waals surface area contributed by atoms with E-state index in [-0.39, 0.29) is 11.9 Å². The van der Waals surface area contributed by atoms with E-state index in [9.17, 15) is 4.79 Å². The van der Waals surface area contributed by atoms with E-state index in [1.165, 1.54) is 26.4 Å². The van der Waals surface area contributed by atoms with Crippen molar-refractivity contribution < 1.29 is 9.53 Å². The van der Waals surface area contributed by atoms with E-state index in [0.717, 1.165) is 19.5 Å². The number of methoxy groups -OCH3 is 1. The van der Waals surface area contributed by atoms with Crippen LogP contribution < -0.4 is 5.32 Å². The number of rotatable bonds is 1. The Balaban J connectivity index is 2.09. The van der Waals surface area contributed by atoms with Crippen molar-refractivity contribution in [1.82, 2.24) is 5.32 Å². The normalized spacial score (nSPS) is 31.0. The highest BCUT2D eigenvalue weighted by atomic mass is 16.5. The number of esters is 1. The van der Waals surface area contributed by atoms with Crippen molar-refractivity contribution in [2.45, 2.75) is 25.7 Å². The molecule has 3 nitrogen and oxygen atoms in total. The molecule has 1 heterocycles. The fraction of sp³-hybridized carbons (Fsp3) is 0.900. The Morgan fingerprint density at radius 1 is 1.46 bits per heavy atom. The van der Waals surface area contributed by atoms with Gasteiger partial charge >= 0.3 is 5.97 Å². The lowest BCUT2D eigenvalue weighted by Gasteiger charge is -2.49. The fourth-order valence-electron chi connectivity index (χ4n) is 2.68. The second kappa shape index (κ2) is 3.29. The first-order valence-corrected chi connectivity index (χ1v) is 5.07. The van der Waals surface area contributed by atoms with Gasteiger partial charge in [-0.05, 0) is 31.2 Å². The molecule has 2 rings (SSSR count). The van der Waals surface area contributed by atoms with Gasteiger partial charge < -0.3 is 10.1 Å². The summed E-state index contributed by atoms with van der Waals surface area (Å²) in [6.07, 6.45) is 4.86. The van der Waals surface area contributed by atoms with Crippen LogP contribution in [0.1, 0.15) is 25.7 Å². The van der Waals surface area contributed by atoms with E-state index in [0.29, 0.717) is 5.41 Å². The Labute approximate surface area is 78.8 Å². The Morgan fingerprint density at radius 3 is 2.77 bits per heavy atom. The summed E-state index contributed by atoms with van der Waals surface area (Å²) in [5.74, 6) is 0.0897. The molecule has 1 unspecified atom stereocenters. The highest BCUT2D eigenvalue weighted by molar-refractivity contribution is 5.74. The minimum atomic E-state index is -0.0214. The van der Waals surface area contributed by atoms with Gasteiger partial charge in [-0.25, -0.2) is 0 Å². The average Bonchev–Trinajstić information content (AvgIpc) is 2.14. The first-order valence-electron chi connectivity index (χ1n) is 5.07. The van der Waals surface area contributed by atoms with Gasteiger partial charge in [0.25, 0.3) is 0 Å². The van der Waals surface area contributed by atoms with E-state index in [1.54, 1.807) is 0 Å². The third-order valence-electron chi connectivity index (χ3n) is 3.72.